The summed E-state index contributed by atoms with van der Waals surface area (Å²) in [5.74, 6) is 5.33. The fourth-order valence-corrected chi connectivity index (χ4v) is 3.01. The molecule has 3 nitrogen and oxygen atoms in total. The first-order valence-electron chi connectivity index (χ1n) is 11.0. The zero-order chi connectivity index (χ0) is 19.1. The first-order chi connectivity index (χ1) is 12.8. The van der Waals surface area contributed by atoms with Crippen molar-refractivity contribution in [3.8, 4) is 11.8 Å². The Bertz CT molecular complexity index is 354. The maximum absolute atomic E-state index is 11.2. The van der Waals surface area contributed by atoms with Crippen LogP contribution in [0.1, 0.15) is 117 Å². The van der Waals surface area contributed by atoms with Gasteiger partial charge in [0.05, 0.1) is 6.61 Å². The van der Waals surface area contributed by atoms with Crippen molar-refractivity contribution in [1.82, 2.24) is 0 Å². The average Bonchev–Trinajstić information content (AvgIpc) is 2.64. The van der Waals surface area contributed by atoms with E-state index in [0.29, 0.717) is 6.61 Å². The molecular formula is C23H42O3. The molecule has 0 fully saturated rings. The highest BCUT2D eigenvalue weighted by molar-refractivity contribution is 5.60. The molecule has 0 aromatic heterocycles. The molecule has 0 N–H and O–H groups in total. The van der Waals surface area contributed by atoms with Crippen molar-refractivity contribution in [2.24, 2.45) is 0 Å². The minimum absolute atomic E-state index is 0.119. The summed E-state index contributed by atoms with van der Waals surface area (Å²) in [5.41, 5.74) is 0. The van der Waals surface area contributed by atoms with E-state index in [1.54, 1.807) is 6.92 Å². The predicted octanol–water partition coefficient (Wildman–Crippen LogP) is 7.42. The highest BCUT2D eigenvalue weighted by Crippen LogP contribution is 2.13. The Balaban J connectivity index is 3.08. The van der Waals surface area contributed by atoms with Gasteiger partial charge in [-0.15, -0.1) is 5.92 Å². The first kappa shape index (κ1) is 24.8. The van der Waals surface area contributed by atoms with Gasteiger partial charge in [-0.2, -0.15) is 0 Å². The molecule has 0 spiro atoms. The van der Waals surface area contributed by atoms with Crippen molar-refractivity contribution in [2.75, 3.05) is 13.2 Å². The van der Waals surface area contributed by atoms with Crippen molar-refractivity contribution in [1.29, 1.82) is 0 Å². The van der Waals surface area contributed by atoms with E-state index < -0.39 is 6.16 Å². The summed E-state index contributed by atoms with van der Waals surface area (Å²) in [6, 6.07) is 0. The summed E-state index contributed by atoms with van der Waals surface area (Å²) < 4.78 is 9.76. The van der Waals surface area contributed by atoms with Crippen molar-refractivity contribution in [2.45, 2.75) is 117 Å². The minimum Gasteiger partial charge on any atom is -0.434 e. The largest absolute Gasteiger partial charge is 0.509 e. The fourth-order valence-electron chi connectivity index (χ4n) is 3.01. The molecular weight excluding hydrogens is 324 g/mol. The number of ether oxygens (including phenoxy) is 2. The molecule has 0 aliphatic rings. The minimum atomic E-state index is -0.603. The summed E-state index contributed by atoms with van der Waals surface area (Å²) in [6.45, 7) is 4.56. The molecule has 0 rings (SSSR count). The van der Waals surface area contributed by atoms with Crippen LogP contribution in [0, 0.1) is 11.8 Å². The normalized spacial score (nSPS) is 10.2. The van der Waals surface area contributed by atoms with Crippen LogP contribution < -0.4 is 0 Å². The summed E-state index contributed by atoms with van der Waals surface area (Å²) in [6.07, 6.45) is 20.9. The van der Waals surface area contributed by atoms with Gasteiger partial charge < -0.3 is 9.47 Å². The van der Waals surface area contributed by atoms with Gasteiger partial charge in [0.2, 0.25) is 0 Å². The fraction of sp³-hybridized carbons (Fsp3) is 0.870. The molecule has 0 aliphatic carbocycles. The Morgan fingerprint density at radius 3 is 1.50 bits per heavy atom. The monoisotopic (exact) mass is 366 g/mol. The van der Waals surface area contributed by atoms with Gasteiger partial charge in [-0.1, -0.05) is 109 Å². The van der Waals surface area contributed by atoms with E-state index in [1.165, 1.54) is 89.9 Å². The lowest BCUT2D eigenvalue weighted by Crippen LogP contribution is -2.08. The number of carbonyl (C=O) groups is 1. The van der Waals surface area contributed by atoms with Crippen LogP contribution in [0.4, 0.5) is 4.79 Å². The van der Waals surface area contributed by atoms with Gasteiger partial charge in [0.15, 0.2) is 6.61 Å². The number of rotatable bonds is 18. The molecule has 26 heavy (non-hydrogen) atoms. The highest BCUT2D eigenvalue weighted by Gasteiger charge is 2.01. The van der Waals surface area contributed by atoms with Crippen LogP contribution >= 0.6 is 0 Å². The Labute approximate surface area is 162 Å². The molecule has 0 radical (unpaired) electrons. The van der Waals surface area contributed by atoms with E-state index in [2.05, 4.69) is 18.8 Å². The van der Waals surface area contributed by atoms with E-state index in [-0.39, 0.29) is 6.61 Å². The highest BCUT2D eigenvalue weighted by atomic mass is 16.7. The van der Waals surface area contributed by atoms with Gasteiger partial charge in [-0.3, -0.25) is 0 Å². The van der Waals surface area contributed by atoms with Crippen molar-refractivity contribution < 1.29 is 14.3 Å². The second-order valence-corrected chi connectivity index (χ2v) is 7.12. The van der Waals surface area contributed by atoms with Crippen LogP contribution in [0.25, 0.3) is 0 Å². The SMILES string of the molecule is CC#CCOC(=O)OCCCCCCCCCCCCCCCCCC. The summed E-state index contributed by atoms with van der Waals surface area (Å²) in [5, 5.41) is 0. The third-order valence-electron chi connectivity index (χ3n) is 4.66. The standard InChI is InChI=1S/C23H42O3/c1-3-5-7-8-9-10-11-12-13-14-15-16-17-18-19-20-22-26-23(24)25-21-6-4-2/h3,5,7-22H2,1-2H3. The van der Waals surface area contributed by atoms with Gasteiger partial charge in [0.25, 0.3) is 0 Å². The Kier molecular flexibility index (Phi) is 20.9. The molecule has 152 valence electrons. The molecule has 0 saturated carbocycles. The lowest BCUT2D eigenvalue weighted by molar-refractivity contribution is 0.0632. The first-order valence-corrected chi connectivity index (χ1v) is 11.0. The molecule has 0 aromatic carbocycles. The van der Waals surface area contributed by atoms with Crippen LogP contribution in [0.2, 0.25) is 0 Å². The molecule has 0 aromatic rings. The Hall–Kier alpha value is -1.17. The van der Waals surface area contributed by atoms with E-state index in [1.807, 2.05) is 0 Å². The quantitative estimate of drug-likeness (QED) is 0.144. The predicted molar refractivity (Wildman–Crippen MR) is 110 cm³/mol. The molecule has 0 atom stereocenters. The number of hydrogen-bond donors (Lipinski definition) is 0. The van der Waals surface area contributed by atoms with Crippen LogP contribution in [0.5, 0.6) is 0 Å². The van der Waals surface area contributed by atoms with Crippen LogP contribution in [0.15, 0.2) is 0 Å². The molecule has 0 bridgehead atoms. The lowest BCUT2D eigenvalue weighted by Gasteiger charge is -2.05. The van der Waals surface area contributed by atoms with E-state index in [4.69, 9.17) is 9.47 Å². The van der Waals surface area contributed by atoms with E-state index in [9.17, 15) is 4.79 Å². The molecule has 3 heteroatoms. The van der Waals surface area contributed by atoms with Gasteiger partial charge in [0, 0.05) is 0 Å². The average molecular weight is 367 g/mol. The summed E-state index contributed by atoms with van der Waals surface area (Å²) in [4.78, 5) is 11.2. The third kappa shape index (κ3) is 20.9. The second-order valence-electron chi connectivity index (χ2n) is 7.12. The lowest BCUT2D eigenvalue weighted by atomic mass is 10.0. The van der Waals surface area contributed by atoms with E-state index >= 15 is 0 Å². The molecule has 0 unspecified atom stereocenters. The zero-order valence-corrected chi connectivity index (χ0v) is 17.5. The maximum atomic E-state index is 11.2. The van der Waals surface area contributed by atoms with Crippen molar-refractivity contribution in [3.63, 3.8) is 0 Å². The molecule has 0 aliphatic heterocycles. The summed E-state index contributed by atoms with van der Waals surface area (Å²) >= 11 is 0. The second kappa shape index (κ2) is 21.9. The van der Waals surface area contributed by atoms with Gasteiger partial charge in [-0.25, -0.2) is 4.79 Å². The van der Waals surface area contributed by atoms with Crippen LogP contribution in [-0.4, -0.2) is 19.4 Å². The van der Waals surface area contributed by atoms with Gasteiger partial charge >= 0.3 is 6.16 Å². The van der Waals surface area contributed by atoms with Crippen molar-refractivity contribution in [3.05, 3.63) is 0 Å². The number of carbonyl (C=O) groups excluding carboxylic acids is 1. The molecule has 0 amide bonds. The van der Waals surface area contributed by atoms with Crippen molar-refractivity contribution >= 4 is 6.16 Å². The Morgan fingerprint density at radius 1 is 0.654 bits per heavy atom. The maximum Gasteiger partial charge on any atom is 0.509 e. The number of unbranched alkanes of at least 4 members (excludes halogenated alkanes) is 15. The summed E-state index contributed by atoms with van der Waals surface area (Å²) in [7, 11) is 0. The zero-order valence-electron chi connectivity index (χ0n) is 17.5. The third-order valence-corrected chi connectivity index (χ3v) is 4.66. The van der Waals surface area contributed by atoms with Gasteiger partial charge in [-0.05, 0) is 13.3 Å². The van der Waals surface area contributed by atoms with Crippen LogP contribution in [0.3, 0.4) is 0 Å². The topological polar surface area (TPSA) is 35.5 Å². The van der Waals surface area contributed by atoms with Gasteiger partial charge in [0.1, 0.15) is 0 Å². The Morgan fingerprint density at radius 2 is 1.08 bits per heavy atom. The van der Waals surface area contributed by atoms with E-state index in [0.717, 1.165) is 12.8 Å². The molecule has 0 saturated heterocycles. The molecule has 0 heterocycles. The van der Waals surface area contributed by atoms with Crippen LogP contribution in [-0.2, 0) is 9.47 Å². The smallest absolute Gasteiger partial charge is 0.434 e. The number of hydrogen-bond acceptors (Lipinski definition) is 3.